The zero-order valence-electron chi connectivity index (χ0n) is 18.0. The van der Waals surface area contributed by atoms with Gasteiger partial charge in [0.1, 0.15) is 5.75 Å². The maximum absolute atomic E-state index is 13.0. The van der Waals surface area contributed by atoms with E-state index in [1.807, 2.05) is 18.2 Å². The number of carbonyl (C=O) groups excluding carboxylic acids is 1. The summed E-state index contributed by atoms with van der Waals surface area (Å²) >= 11 is 0. The predicted molar refractivity (Wildman–Crippen MR) is 123 cm³/mol. The van der Waals surface area contributed by atoms with Gasteiger partial charge in [-0.05, 0) is 68.5 Å². The number of ether oxygens (including phenoxy) is 1. The second kappa shape index (κ2) is 9.77. The first-order valence-electron chi connectivity index (χ1n) is 10.8. The number of pyridine rings is 1. The molecule has 1 atom stereocenters. The monoisotopic (exact) mass is 453 g/mol. The zero-order valence-corrected chi connectivity index (χ0v) is 18.8. The van der Waals surface area contributed by atoms with Crippen LogP contribution in [0, 0.1) is 5.92 Å². The average Bonchev–Trinajstić information content (AvgIpc) is 3.23. The molecule has 1 N–H and O–H groups in total. The van der Waals surface area contributed by atoms with Gasteiger partial charge in [0.15, 0.2) is 5.78 Å². The van der Waals surface area contributed by atoms with E-state index in [0.717, 1.165) is 30.4 Å². The summed E-state index contributed by atoms with van der Waals surface area (Å²) in [5.41, 5.74) is 0.672. The van der Waals surface area contributed by atoms with E-state index >= 15 is 0 Å². The Kier molecular flexibility index (Phi) is 6.83. The van der Waals surface area contributed by atoms with Gasteiger partial charge >= 0.3 is 0 Å². The van der Waals surface area contributed by atoms with E-state index in [9.17, 15) is 13.2 Å². The Labute approximate surface area is 188 Å². The summed E-state index contributed by atoms with van der Waals surface area (Å²) in [5.74, 6) is 1.20. The molecule has 2 heterocycles. The number of carbonyl (C=O) groups is 1. The van der Waals surface area contributed by atoms with Gasteiger partial charge in [-0.1, -0.05) is 12.1 Å². The van der Waals surface area contributed by atoms with Crippen molar-refractivity contribution in [3.05, 3.63) is 66.5 Å². The molecule has 32 heavy (non-hydrogen) atoms. The smallest absolute Gasteiger partial charge is 0.254 e. The number of sulfonamides is 1. The lowest BCUT2D eigenvalue weighted by Gasteiger charge is -2.18. The van der Waals surface area contributed by atoms with Gasteiger partial charge in [0.2, 0.25) is 0 Å². The third-order valence-electron chi connectivity index (χ3n) is 5.75. The number of hydrogen-bond acceptors (Lipinski definition) is 6. The summed E-state index contributed by atoms with van der Waals surface area (Å²) in [4.78, 5) is 18.4. The summed E-state index contributed by atoms with van der Waals surface area (Å²) in [7, 11) is -3.67. The van der Waals surface area contributed by atoms with Crippen LogP contribution in [0.25, 0.3) is 10.8 Å². The zero-order chi connectivity index (χ0) is 22.6. The van der Waals surface area contributed by atoms with Crippen LogP contribution in [0.3, 0.4) is 0 Å². The van der Waals surface area contributed by atoms with Crippen molar-refractivity contribution in [2.75, 3.05) is 19.7 Å². The average molecular weight is 454 g/mol. The molecule has 0 aliphatic carbocycles. The molecular weight excluding hydrogens is 426 g/mol. The Hall–Kier alpha value is -2.81. The van der Waals surface area contributed by atoms with E-state index in [4.69, 9.17) is 4.74 Å². The highest BCUT2D eigenvalue weighted by atomic mass is 32.2. The van der Waals surface area contributed by atoms with Crippen molar-refractivity contribution in [2.24, 2.45) is 5.92 Å². The number of benzene rings is 2. The van der Waals surface area contributed by atoms with Crippen LogP contribution in [0.2, 0.25) is 0 Å². The van der Waals surface area contributed by atoms with Gasteiger partial charge in [0.25, 0.3) is 10.0 Å². The second-order valence-electron chi connectivity index (χ2n) is 8.12. The summed E-state index contributed by atoms with van der Waals surface area (Å²) in [6, 6.07) is 14.1. The Balaban J connectivity index is 1.26. The molecule has 1 fully saturated rings. The van der Waals surface area contributed by atoms with Gasteiger partial charge in [0, 0.05) is 41.8 Å². The molecule has 4 rings (SSSR count). The molecule has 0 amide bonds. The van der Waals surface area contributed by atoms with Gasteiger partial charge in [0.05, 0.1) is 11.5 Å². The Morgan fingerprint density at radius 1 is 1.19 bits per heavy atom. The minimum absolute atomic E-state index is 0.0374. The number of hydrazine groups is 1. The molecule has 0 spiro atoms. The third-order valence-corrected chi connectivity index (χ3v) is 7.19. The summed E-state index contributed by atoms with van der Waals surface area (Å²) < 4.78 is 31.7. The largest absolute Gasteiger partial charge is 0.494 e. The molecule has 2 aromatic carbocycles. The summed E-state index contributed by atoms with van der Waals surface area (Å²) in [5, 5.41) is 3.26. The van der Waals surface area contributed by atoms with Crippen LogP contribution in [0.15, 0.2) is 65.8 Å². The standard InChI is InChI=1S/C24H27N3O4S/c1-18(28)20-7-9-22(10-8-20)31-15-3-4-19-12-14-27(17-19)26-32(29,30)24-6-2-5-21-16-25-13-11-23(21)24/h2,5-11,13,16,19,26H,3-4,12,14-15,17H2,1H3/t19-/m1/s1. The molecule has 0 saturated carbocycles. The highest BCUT2D eigenvalue weighted by molar-refractivity contribution is 7.89. The van der Waals surface area contributed by atoms with Crippen LogP contribution >= 0.6 is 0 Å². The van der Waals surface area contributed by atoms with Crippen LogP contribution in [0.4, 0.5) is 0 Å². The van der Waals surface area contributed by atoms with Crippen LogP contribution in [-0.4, -0.2) is 43.9 Å². The summed E-state index contributed by atoms with van der Waals surface area (Å²) in [6.45, 7) is 3.49. The van der Waals surface area contributed by atoms with E-state index < -0.39 is 10.0 Å². The molecule has 1 aliphatic rings. The number of nitrogens with zero attached hydrogens (tertiary/aromatic N) is 2. The van der Waals surface area contributed by atoms with Crippen molar-refractivity contribution in [3.63, 3.8) is 0 Å². The molecule has 3 aromatic rings. The van der Waals surface area contributed by atoms with Crippen molar-refractivity contribution >= 4 is 26.6 Å². The van der Waals surface area contributed by atoms with E-state index in [2.05, 4.69) is 9.82 Å². The number of hydrogen-bond donors (Lipinski definition) is 1. The molecule has 0 radical (unpaired) electrons. The molecule has 8 heteroatoms. The highest BCUT2D eigenvalue weighted by Gasteiger charge is 2.27. The minimum atomic E-state index is -3.67. The van der Waals surface area contributed by atoms with E-state index in [1.165, 1.54) is 0 Å². The predicted octanol–water partition coefficient (Wildman–Crippen LogP) is 3.81. The quantitative estimate of drug-likeness (QED) is 0.392. The van der Waals surface area contributed by atoms with Crippen molar-refractivity contribution in [1.29, 1.82) is 0 Å². The Bertz CT molecular complexity index is 1190. The highest BCUT2D eigenvalue weighted by Crippen LogP contribution is 2.24. The molecule has 1 aromatic heterocycles. The van der Waals surface area contributed by atoms with Crippen LogP contribution < -0.4 is 9.57 Å². The molecular formula is C24H27N3O4S. The van der Waals surface area contributed by atoms with Crippen molar-refractivity contribution in [1.82, 2.24) is 14.8 Å². The molecule has 168 valence electrons. The molecule has 7 nitrogen and oxygen atoms in total. The van der Waals surface area contributed by atoms with Gasteiger partial charge in [-0.2, -0.15) is 0 Å². The van der Waals surface area contributed by atoms with Crippen molar-refractivity contribution < 1.29 is 17.9 Å². The van der Waals surface area contributed by atoms with E-state index in [0.29, 0.717) is 36.6 Å². The lowest BCUT2D eigenvalue weighted by atomic mass is 10.0. The second-order valence-corrected chi connectivity index (χ2v) is 9.75. The van der Waals surface area contributed by atoms with Crippen LogP contribution in [0.1, 0.15) is 36.5 Å². The van der Waals surface area contributed by atoms with E-state index in [1.54, 1.807) is 54.7 Å². The lowest BCUT2D eigenvalue weighted by molar-refractivity contribution is 0.101. The van der Waals surface area contributed by atoms with Gasteiger partial charge in [-0.3, -0.25) is 9.78 Å². The fourth-order valence-electron chi connectivity index (χ4n) is 4.05. The number of Topliss-reactive ketones (excluding diaryl/α,β-unsaturated/α-hetero) is 1. The lowest BCUT2D eigenvalue weighted by Crippen LogP contribution is -2.40. The van der Waals surface area contributed by atoms with Crippen LogP contribution in [0.5, 0.6) is 5.75 Å². The van der Waals surface area contributed by atoms with Gasteiger partial charge in [-0.15, -0.1) is 4.83 Å². The first-order chi connectivity index (χ1) is 15.4. The Morgan fingerprint density at radius 3 is 2.78 bits per heavy atom. The maximum atomic E-state index is 13.0. The first-order valence-corrected chi connectivity index (χ1v) is 12.2. The number of nitrogens with one attached hydrogen (secondary N) is 1. The number of ketones is 1. The number of rotatable bonds is 9. The molecule has 1 aliphatic heterocycles. The third kappa shape index (κ3) is 5.32. The minimum Gasteiger partial charge on any atom is -0.494 e. The molecule has 0 bridgehead atoms. The number of aromatic nitrogens is 1. The number of fused-ring (bicyclic) bond motifs is 1. The Morgan fingerprint density at radius 2 is 2.00 bits per heavy atom. The van der Waals surface area contributed by atoms with Gasteiger partial charge in [-0.25, -0.2) is 13.4 Å². The molecule has 0 unspecified atom stereocenters. The van der Waals surface area contributed by atoms with Crippen LogP contribution in [-0.2, 0) is 10.0 Å². The maximum Gasteiger partial charge on any atom is 0.254 e. The fraction of sp³-hybridized carbons (Fsp3) is 0.333. The fourth-order valence-corrected chi connectivity index (χ4v) is 5.38. The van der Waals surface area contributed by atoms with E-state index in [-0.39, 0.29) is 10.7 Å². The van der Waals surface area contributed by atoms with Crippen molar-refractivity contribution in [3.8, 4) is 5.75 Å². The summed E-state index contributed by atoms with van der Waals surface area (Å²) in [6.07, 6.45) is 6.06. The first kappa shape index (κ1) is 22.4. The normalized spacial score (nSPS) is 17.0. The van der Waals surface area contributed by atoms with Crippen molar-refractivity contribution in [2.45, 2.75) is 31.1 Å². The van der Waals surface area contributed by atoms with Gasteiger partial charge < -0.3 is 4.74 Å². The SMILES string of the molecule is CC(=O)c1ccc(OCCC[C@@H]2CCN(NS(=O)(=O)c3cccc4cnccc34)C2)cc1. The molecule has 1 saturated heterocycles. The topological polar surface area (TPSA) is 88.6 Å².